The lowest BCUT2D eigenvalue weighted by molar-refractivity contribution is 1.52. The van der Waals surface area contributed by atoms with Gasteiger partial charge >= 0.3 is 0 Å². The van der Waals surface area contributed by atoms with Gasteiger partial charge in [0.2, 0.25) is 0 Å². The zero-order valence-electron chi connectivity index (χ0n) is 6.65. The molecule has 64 valence electrons. The minimum atomic E-state index is 0.578. The van der Waals surface area contributed by atoms with E-state index in [-0.39, 0.29) is 0 Å². The van der Waals surface area contributed by atoms with Crippen molar-refractivity contribution in [2.45, 2.75) is 0 Å². The van der Waals surface area contributed by atoms with Crippen molar-refractivity contribution in [3.63, 3.8) is 0 Å². The van der Waals surface area contributed by atoms with Crippen LogP contribution in [-0.2, 0) is 0 Å². The van der Waals surface area contributed by atoms with Crippen molar-refractivity contribution in [1.82, 2.24) is 0 Å². The normalized spacial score (nSPS) is 9.77. The van der Waals surface area contributed by atoms with Crippen LogP contribution in [-0.4, -0.2) is 0 Å². The van der Waals surface area contributed by atoms with Crippen molar-refractivity contribution >= 4 is 28.4 Å². The molecule has 13 heavy (non-hydrogen) atoms. The summed E-state index contributed by atoms with van der Waals surface area (Å²) in [6, 6.07) is 5.95. The molecule has 0 spiro atoms. The number of thiophene rings is 2. The molecule has 0 aliphatic carbocycles. The maximum absolute atomic E-state index is 8.71. The van der Waals surface area contributed by atoms with E-state index in [4.69, 9.17) is 11.0 Å². The molecule has 2 rings (SSSR count). The van der Waals surface area contributed by atoms with Crippen molar-refractivity contribution in [2.24, 2.45) is 0 Å². The van der Waals surface area contributed by atoms with Crippen LogP contribution in [0.15, 0.2) is 22.9 Å². The highest BCUT2D eigenvalue weighted by molar-refractivity contribution is 7.17. The summed E-state index contributed by atoms with van der Waals surface area (Å²) in [5.41, 5.74) is 7.37. The van der Waals surface area contributed by atoms with E-state index in [2.05, 4.69) is 6.07 Å². The van der Waals surface area contributed by atoms with Crippen LogP contribution in [0.3, 0.4) is 0 Å². The Bertz CT molecular complexity index is 448. The summed E-state index contributed by atoms with van der Waals surface area (Å²) in [6.07, 6.45) is 0. The highest BCUT2D eigenvalue weighted by Crippen LogP contribution is 2.33. The average molecular weight is 206 g/mol. The van der Waals surface area contributed by atoms with Gasteiger partial charge in [-0.15, -0.1) is 11.3 Å². The van der Waals surface area contributed by atoms with E-state index >= 15 is 0 Å². The van der Waals surface area contributed by atoms with Crippen LogP contribution in [0.25, 0.3) is 10.4 Å². The van der Waals surface area contributed by atoms with E-state index in [9.17, 15) is 0 Å². The zero-order valence-corrected chi connectivity index (χ0v) is 8.28. The van der Waals surface area contributed by atoms with Crippen molar-refractivity contribution < 1.29 is 0 Å². The molecule has 2 aromatic heterocycles. The van der Waals surface area contributed by atoms with Gasteiger partial charge in [-0.3, -0.25) is 0 Å². The maximum Gasteiger partial charge on any atom is 0.128 e. The van der Waals surface area contributed by atoms with Gasteiger partial charge in [0, 0.05) is 10.4 Å². The van der Waals surface area contributed by atoms with E-state index in [0.717, 1.165) is 10.4 Å². The van der Waals surface area contributed by atoms with Crippen LogP contribution in [0.2, 0.25) is 0 Å². The number of anilines is 1. The number of nitrogen functional groups attached to an aromatic ring is 1. The topological polar surface area (TPSA) is 49.8 Å². The number of hydrogen-bond donors (Lipinski definition) is 1. The van der Waals surface area contributed by atoms with Gasteiger partial charge in [-0.05, 0) is 22.9 Å². The van der Waals surface area contributed by atoms with E-state index in [1.807, 2.05) is 22.9 Å². The number of rotatable bonds is 1. The summed E-state index contributed by atoms with van der Waals surface area (Å²) in [5, 5.41) is 12.8. The first-order chi connectivity index (χ1) is 6.31. The molecule has 0 aliphatic rings. The van der Waals surface area contributed by atoms with Crippen molar-refractivity contribution in [2.75, 3.05) is 5.73 Å². The summed E-state index contributed by atoms with van der Waals surface area (Å²) >= 11 is 3.08. The first kappa shape index (κ1) is 8.30. The standard InChI is InChI=1S/C9H6N2S2/c10-4-9-7(11)3-8(13-9)6-1-2-12-5-6/h1-3,5H,11H2. The maximum atomic E-state index is 8.71. The molecule has 2 nitrogen and oxygen atoms in total. The smallest absolute Gasteiger partial charge is 0.128 e. The van der Waals surface area contributed by atoms with Crippen LogP contribution in [0.5, 0.6) is 0 Å². The van der Waals surface area contributed by atoms with Gasteiger partial charge < -0.3 is 5.73 Å². The Kier molecular flexibility index (Phi) is 2.05. The molecule has 0 aromatic carbocycles. The third-order valence-electron chi connectivity index (χ3n) is 1.67. The Morgan fingerprint density at radius 2 is 2.31 bits per heavy atom. The van der Waals surface area contributed by atoms with E-state index in [0.29, 0.717) is 10.6 Å². The average Bonchev–Trinajstić information content (AvgIpc) is 2.71. The number of hydrogen-bond acceptors (Lipinski definition) is 4. The molecule has 2 N–H and O–H groups in total. The Morgan fingerprint density at radius 1 is 1.46 bits per heavy atom. The molecular weight excluding hydrogens is 200 g/mol. The largest absolute Gasteiger partial charge is 0.397 e. The minimum Gasteiger partial charge on any atom is -0.397 e. The summed E-state index contributed by atoms with van der Waals surface area (Å²) in [7, 11) is 0. The molecule has 4 heteroatoms. The summed E-state index contributed by atoms with van der Waals surface area (Å²) in [5.74, 6) is 0. The summed E-state index contributed by atoms with van der Waals surface area (Å²) < 4.78 is 0. The number of nitrogens with zero attached hydrogens (tertiary/aromatic N) is 1. The van der Waals surface area contributed by atoms with E-state index < -0.39 is 0 Å². The van der Waals surface area contributed by atoms with Gasteiger partial charge in [0.05, 0.1) is 5.69 Å². The molecule has 0 aliphatic heterocycles. The molecule has 0 fully saturated rings. The summed E-state index contributed by atoms with van der Waals surface area (Å²) in [6.45, 7) is 0. The second kappa shape index (κ2) is 3.21. The van der Waals surface area contributed by atoms with Crippen LogP contribution in [0.1, 0.15) is 4.88 Å². The third kappa shape index (κ3) is 1.44. The lowest BCUT2D eigenvalue weighted by atomic mass is 10.3. The molecule has 0 bridgehead atoms. The molecule has 0 unspecified atom stereocenters. The Balaban J connectivity index is 2.50. The Morgan fingerprint density at radius 3 is 2.85 bits per heavy atom. The van der Waals surface area contributed by atoms with Crippen molar-refractivity contribution in [1.29, 1.82) is 5.26 Å². The van der Waals surface area contributed by atoms with Gasteiger partial charge in [-0.1, -0.05) is 0 Å². The zero-order chi connectivity index (χ0) is 9.26. The molecule has 2 aromatic rings. The lowest BCUT2D eigenvalue weighted by Gasteiger charge is -1.85. The van der Waals surface area contributed by atoms with Gasteiger partial charge in [0.15, 0.2) is 0 Å². The van der Waals surface area contributed by atoms with Gasteiger partial charge in [-0.2, -0.15) is 16.6 Å². The minimum absolute atomic E-state index is 0.578. The monoisotopic (exact) mass is 206 g/mol. The first-order valence-electron chi connectivity index (χ1n) is 3.63. The van der Waals surface area contributed by atoms with E-state index in [1.54, 1.807) is 11.3 Å². The van der Waals surface area contributed by atoms with Crippen molar-refractivity contribution in [3.8, 4) is 16.5 Å². The van der Waals surface area contributed by atoms with Gasteiger partial charge in [0.25, 0.3) is 0 Å². The predicted molar refractivity (Wildman–Crippen MR) is 56.8 cm³/mol. The lowest BCUT2D eigenvalue weighted by Crippen LogP contribution is -1.81. The first-order valence-corrected chi connectivity index (χ1v) is 5.39. The fourth-order valence-electron chi connectivity index (χ4n) is 1.04. The highest BCUT2D eigenvalue weighted by atomic mass is 32.1. The van der Waals surface area contributed by atoms with Crippen LogP contribution < -0.4 is 5.73 Å². The Hall–Kier alpha value is -1.31. The predicted octanol–water partition coefficient (Wildman–Crippen LogP) is 2.93. The Labute approximate surface area is 83.9 Å². The summed E-state index contributed by atoms with van der Waals surface area (Å²) in [4.78, 5) is 1.66. The van der Waals surface area contributed by atoms with Gasteiger partial charge in [-0.25, -0.2) is 0 Å². The SMILES string of the molecule is N#Cc1sc(-c2ccsc2)cc1N. The second-order valence-corrected chi connectivity index (χ2v) is 4.35. The molecular formula is C9H6N2S2. The van der Waals surface area contributed by atoms with Crippen molar-refractivity contribution in [3.05, 3.63) is 27.8 Å². The van der Waals surface area contributed by atoms with Gasteiger partial charge in [0.1, 0.15) is 10.9 Å². The van der Waals surface area contributed by atoms with Crippen LogP contribution >= 0.6 is 22.7 Å². The quantitative estimate of drug-likeness (QED) is 0.779. The number of nitrogens with two attached hydrogens (primary N) is 1. The molecule has 0 radical (unpaired) electrons. The second-order valence-electron chi connectivity index (χ2n) is 2.52. The fourth-order valence-corrected chi connectivity index (χ4v) is 2.64. The van der Waals surface area contributed by atoms with Crippen LogP contribution in [0, 0.1) is 11.3 Å². The highest BCUT2D eigenvalue weighted by Gasteiger charge is 2.07. The van der Waals surface area contributed by atoms with Crippen LogP contribution in [0.4, 0.5) is 5.69 Å². The molecule has 2 heterocycles. The molecule has 0 amide bonds. The third-order valence-corrected chi connectivity index (χ3v) is 3.46. The molecule has 0 atom stereocenters. The fraction of sp³-hybridized carbons (Fsp3) is 0. The number of nitriles is 1. The van der Waals surface area contributed by atoms with E-state index in [1.165, 1.54) is 11.3 Å². The molecule has 0 saturated heterocycles. The molecule has 0 saturated carbocycles.